The Labute approximate surface area is 145 Å². The smallest absolute Gasteiger partial charge is 0.126 e. The number of hydrogen-bond acceptors (Lipinski definition) is 3. The van der Waals surface area contributed by atoms with Gasteiger partial charge in [-0.15, -0.1) is 0 Å². The van der Waals surface area contributed by atoms with Gasteiger partial charge in [0.15, 0.2) is 0 Å². The van der Waals surface area contributed by atoms with E-state index in [0.29, 0.717) is 19.8 Å². The molecular formula is C21H29NO2. The van der Waals surface area contributed by atoms with Crippen molar-refractivity contribution < 1.29 is 9.47 Å². The van der Waals surface area contributed by atoms with Crippen molar-refractivity contribution in [1.29, 1.82) is 0 Å². The Hall–Kier alpha value is -2.00. The molecule has 2 N–H and O–H groups in total. The highest BCUT2D eigenvalue weighted by Gasteiger charge is 2.17. The molecular weight excluding hydrogens is 298 g/mol. The monoisotopic (exact) mass is 327 g/mol. The van der Waals surface area contributed by atoms with Crippen LogP contribution in [0.3, 0.4) is 0 Å². The van der Waals surface area contributed by atoms with Gasteiger partial charge in [0.25, 0.3) is 0 Å². The van der Waals surface area contributed by atoms with Crippen molar-refractivity contribution in [2.75, 3.05) is 19.8 Å². The van der Waals surface area contributed by atoms with E-state index in [2.05, 4.69) is 38.1 Å². The number of aryl methyl sites for hydroxylation is 2. The van der Waals surface area contributed by atoms with Crippen molar-refractivity contribution >= 4 is 0 Å². The molecule has 0 aliphatic rings. The van der Waals surface area contributed by atoms with Gasteiger partial charge in [-0.25, -0.2) is 0 Å². The van der Waals surface area contributed by atoms with Crippen molar-refractivity contribution in [2.45, 2.75) is 40.0 Å². The predicted molar refractivity (Wildman–Crippen MR) is 100 cm³/mol. The van der Waals surface area contributed by atoms with Gasteiger partial charge in [-0.2, -0.15) is 0 Å². The first kappa shape index (κ1) is 18.3. The summed E-state index contributed by atoms with van der Waals surface area (Å²) in [5, 5.41) is 0. The van der Waals surface area contributed by atoms with Gasteiger partial charge >= 0.3 is 0 Å². The van der Waals surface area contributed by atoms with E-state index in [0.717, 1.165) is 23.5 Å². The second kappa shape index (κ2) is 8.74. The summed E-state index contributed by atoms with van der Waals surface area (Å²) in [6.45, 7) is 10.1. The van der Waals surface area contributed by atoms with Crippen LogP contribution in [-0.2, 0) is 6.42 Å². The Morgan fingerprint density at radius 2 is 1.58 bits per heavy atom. The minimum Gasteiger partial charge on any atom is -0.494 e. The van der Waals surface area contributed by atoms with Crippen molar-refractivity contribution in [2.24, 2.45) is 5.73 Å². The van der Waals surface area contributed by atoms with E-state index in [-0.39, 0.29) is 5.92 Å². The van der Waals surface area contributed by atoms with Crippen LogP contribution in [0.1, 0.15) is 42.0 Å². The van der Waals surface area contributed by atoms with Crippen LogP contribution in [0.2, 0.25) is 0 Å². The fourth-order valence-electron chi connectivity index (χ4n) is 3.18. The van der Waals surface area contributed by atoms with Crippen molar-refractivity contribution in [3.8, 4) is 11.5 Å². The molecule has 3 heteroatoms. The minimum absolute atomic E-state index is 0.225. The van der Waals surface area contributed by atoms with Crippen molar-refractivity contribution in [3.05, 3.63) is 58.7 Å². The largest absolute Gasteiger partial charge is 0.494 e. The molecule has 0 aliphatic heterocycles. The Morgan fingerprint density at radius 3 is 2.17 bits per heavy atom. The molecule has 0 aliphatic carbocycles. The van der Waals surface area contributed by atoms with Gasteiger partial charge in [0, 0.05) is 12.0 Å². The van der Waals surface area contributed by atoms with Crippen LogP contribution in [0.5, 0.6) is 11.5 Å². The molecule has 24 heavy (non-hydrogen) atoms. The molecule has 3 nitrogen and oxygen atoms in total. The van der Waals surface area contributed by atoms with Gasteiger partial charge in [0.2, 0.25) is 0 Å². The van der Waals surface area contributed by atoms with Crippen LogP contribution in [-0.4, -0.2) is 19.8 Å². The van der Waals surface area contributed by atoms with E-state index >= 15 is 0 Å². The topological polar surface area (TPSA) is 44.5 Å². The highest BCUT2D eigenvalue weighted by atomic mass is 16.5. The average Bonchev–Trinajstić information content (AvgIpc) is 2.53. The van der Waals surface area contributed by atoms with E-state index < -0.39 is 0 Å². The lowest BCUT2D eigenvalue weighted by Crippen LogP contribution is -2.16. The Morgan fingerprint density at radius 1 is 0.917 bits per heavy atom. The number of rotatable bonds is 8. The summed E-state index contributed by atoms with van der Waals surface area (Å²) < 4.78 is 11.5. The highest BCUT2D eigenvalue weighted by molar-refractivity contribution is 5.44. The van der Waals surface area contributed by atoms with Crippen LogP contribution in [0.4, 0.5) is 0 Å². The molecule has 0 saturated carbocycles. The number of hydrogen-bond donors (Lipinski definition) is 1. The Kier molecular flexibility index (Phi) is 6.68. The molecule has 2 aromatic carbocycles. The maximum absolute atomic E-state index is 6.10. The summed E-state index contributed by atoms with van der Waals surface area (Å²) in [5.41, 5.74) is 11.2. The maximum Gasteiger partial charge on any atom is 0.126 e. The summed E-state index contributed by atoms with van der Waals surface area (Å²) in [4.78, 5) is 0. The van der Waals surface area contributed by atoms with Gasteiger partial charge in [-0.1, -0.05) is 35.4 Å². The molecule has 0 aromatic heterocycles. The van der Waals surface area contributed by atoms with Gasteiger partial charge < -0.3 is 15.2 Å². The predicted octanol–water partition coefficient (Wildman–Crippen LogP) is 4.39. The lowest BCUT2D eigenvalue weighted by Gasteiger charge is -2.20. The second-order valence-corrected chi connectivity index (χ2v) is 6.20. The molecule has 2 rings (SSSR count). The molecule has 130 valence electrons. The molecule has 0 heterocycles. The third kappa shape index (κ3) is 4.75. The summed E-state index contributed by atoms with van der Waals surface area (Å²) in [6, 6.07) is 12.8. The van der Waals surface area contributed by atoms with Gasteiger partial charge in [0.1, 0.15) is 11.5 Å². The van der Waals surface area contributed by atoms with E-state index in [4.69, 9.17) is 15.2 Å². The van der Waals surface area contributed by atoms with E-state index in [1.165, 1.54) is 16.7 Å². The molecule has 0 radical (unpaired) electrons. The van der Waals surface area contributed by atoms with E-state index in [9.17, 15) is 0 Å². The molecule has 0 bridgehead atoms. The first-order chi connectivity index (χ1) is 11.6. The molecule has 0 saturated heterocycles. The molecule has 1 atom stereocenters. The minimum atomic E-state index is 0.225. The first-order valence-electron chi connectivity index (χ1n) is 8.74. The lowest BCUT2D eigenvalue weighted by molar-refractivity contribution is 0.319. The Bertz CT molecular complexity index is 647. The normalized spacial score (nSPS) is 12.0. The zero-order chi connectivity index (χ0) is 17.5. The fraction of sp³-hybridized carbons (Fsp3) is 0.429. The summed E-state index contributed by atoms with van der Waals surface area (Å²) in [6.07, 6.45) is 0.910. The molecule has 1 unspecified atom stereocenters. The zero-order valence-corrected chi connectivity index (χ0v) is 15.3. The highest BCUT2D eigenvalue weighted by Crippen LogP contribution is 2.33. The van der Waals surface area contributed by atoms with Crippen molar-refractivity contribution in [3.63, 3.8) is 0 Å². The van der Waals surface area contributed by atoms with Crippen LogP contribution in [0.15, 0.2) is 36.4 Å². The van der Waals surface area contributed by atoms with E-state index in [1.807, 2.05) is 26.0 Å². The van der Waals surface area contributed by atoms with Crippen LogP contribution in [0, 0.1) is 13.8 Å². The number of nitrogens with two attached hydrogens (primary N) is 1. The third-order valence-corrected chi connectivity index (χ3v) is 4.08. The Balaban J connectivity index is 2.31. The number of ether oxygens (including phenoxy) is 2. The molecule has 0 fully saturated rings. The summed E-state index contributed by atoms with van der Waals surface area (Å²) in [7, 11) is 0. The average molecular weight is 327 g/mol. The standard InChI is InChI=1S/C21H29NO2/c1-5-23-19-7-8-20(21(13-19)24-6-2)18(14-22)12-17-10-15(3)9-16(4)11-17/h7-11,13,18H,5-6,12,14,22H2,1-4H3. The molecule has 2 aromatic rings. The SMILES string of the molecule is CCOc1ccc(C(CN)Cc2cc(C)cc(C)c2)c(OCC)c1. The van der Waals surface area contributed by atoms with Gasteiger partial charge in [0.05, 0.1) is 13.2 Å². The van der Waals surface area contributed by atoms with Crippen LogP contribution < -0.4 is 15.2 Å². The number of benzene rings is 2. The summed E-state index contributed by atoms with van der Waals surface area (Å²) in [5.74, 6) is 1.94. The fourth-order valence-corrected chi connectivity index (χ4v) is 3.18. The van der Waals surface area contributed by atoms with Crippen LogP contribution >= 0.6 is 0 Å². The van der Waals surface area contributed by atoms with Crippen LogP contribution in [0.25, 0.3) is 0 Å². The lowest BCUT2D eigenvalue weighted by atomic mass is 9.90. The molecule has 0 amide bonds. The zero-order valence-electron chi connectivity index (χ0n) is 15.3. The quantitative estimate of drug-likeness (QED) is 0.782. The summed E-state index contributed by atoms with van der Waals surface area (Å²) >= 11 is 0. The first-order valence-corrected chi connectivity index (χ1v) is 8.74. The third-order valence-electron chi connectivity index (χ3n) is 4.08. The van der Waals surface area contributed by atoms with Gasteiger partial charge in [-0.05, 0) is 57.9 Å². The molecule has 0 spiro atoms. The maximum atomic E-state index is 6.10. The van der Waals surface area contributed by atoms with Crippen molar-refractivity contribution in [1.82, 2.24) is 0 Å². The van der Waals surface area contributed by atoms with Gasteiger partial charge in [-0.3, -0.25) is 0 Å². The second-order valence-electron chi connectivity index (χ2n) is 6.20. The van der Waals surface area contributed by atoms with E-state index in [1.54, 1.807) is 0 Å².